The van der Waals surface area contributed by atoms with E-state index in [-0.39, 0.29) is 0 Å². The number of carbonyl (C=O) groups excluding carboxylic acids is 2. The maximum absolute atomic E-state index is 12.3. The average Bonchev–Trinajstić information content (AvgIpc) is 2.59. The first kappa shape index (κ1) is 16.5. The number of carboxylic acids is 1. The minimum atomic E-state index is -1.08. The van der Waals surface area contributed by atoms with Gasteiger partial charge in [0.25, 0.3) is 0 Å². The lowest BCUT2D eigenvalue weighted by Crippen LogP contribution is -2.74. The predicted molar refractivity (Wildman–Crippen MR) is 88.7 cm³/mol. The fourth-order valence-corrected chi connectivity index (χ4v) is 4.05. The molecular weight excluding hydrogens is 330 g/mol. The first-order valence-electron chi connectivity index (χ1n) is 7.40. The minimum absolute atomic E-state index is 0.402. The molecule has 2 heterocycles. The molecule has 8 heteroatoms. The second-order valence-corrected chi connectivity index (χ2v) is 6.74. The molecule has 1 aromatic carbocycles. The molecule has 2 amide bonds. The van der Waals surface area contributed by atoms with Crippen molar-refractivity contribution in [1.82, 2.24) is 10.2 Å². The Hall–Kier alpha value is -2.32. The number of hydrogen-bond donors (Lipinski definition) is 3. The number of amides is 2. The van der Waals surface area contributed by atoms with Crippen LogP contribution in [0, 0.1) is 0 Å². The summed E-state index contributed by atoms with van der Waals surface area (Å²) in [5.74, 6) is -1.94. The molecule has 0 spiro atoms. The third kappa shape index (κ3) is 2.67. The van der Waals surface area contributed by atoms with E-state index in [4.69, 9.17) is 5.73 Å². The van der Waals surface area contributed by atoms with Crippen molar-refractivity contribution in [2.45, 2.75) is 30.4 Å². The van der Waals surface area contributed by atoms with Crippen molar-refractivity contribution in [2.75, 3.05) is 0 Å². The minimum Gasteiger partial charge on any atom is -0.479 e. The lowest BCUT2D eigenvalue weighted by Gasteiger charge is -2.51. The molecule has 4 atom stereocenters. The number of β-lactam (4-membered cyclic amide) rings is 1. The molecule has 1 aromatic rings. The summed E-state index contributed by atoms with van der Waals surface area (Å²) in [4.78, 5) is 37.3. The van der Waals surface area contributed by atoms with Gasteiger partial charge in [0.15, 0.2) is 6.04 Å². The van der Waals surface area contributed by atoms with Crippen LogP contribution >= 0.6 is 11.8 Å². The summed E-state index contributed by atoms with van der Waals surface area (Å²) < 4.78 is 0. The molecule has 3 unspecified atom stereocenters. The van der Waals surface area contributed by atoms with Gasteiger partial charge in [0.1, 0.15) is 17.5 Å². The first-order valence-corrected chi connectivity index (χ1v) is 8.34. The second-order valence-electron chi connectivity index (χ2n) is 5.75. The third-order valence-corrected chi connectivity index (χ3v) is 5.44. The van der Waals surface area contributed by atoms with Crippen molar-refractivity contribution in [3.63, 3.8) is 0 Å². The molecule has 2 aliphatic heterocycles. The number of carboxylic acid groups (broad SMARTS) is 1. The molecular formula is C16H17N3O4S. The molecule has 0 aromatic heterocycles. The molecule has 126 valence electrons. The lowest BCUT2D eigenvalue weighted by atomic mass is 9.98. The maximum Gasteiger partial charge on any atom is 0.330 e. The number of fused-ring (bicyclic) bond motifs is 1. The number of rotatable bonds is 4. The van der Waals surface area contributed by atoms with Gasteiger partial charge >= 0.3 is 5.97 Å². The quantitative estimate of drug-likeness (QED) is 0.682. The molecule has 2 aliphatic rings. The van der Waals surface area contributed by atoms with Crippen LogP contribution in [-0.2, 0) is 14.4 Å². The molecule has 24 heavy (non-hydrogen) atoms. The Morgan fingerprint density at radius 1 is 1.33 bits per heavy atom. The number of carbonyl (C=O) groups is 3. The van der Waals surface area contributed by atoms with E-state index in [0.29, 0.717) is 11.1 Å². The highest BCUT2D eigenvalue weighted by molar-refractivity contribution is 8.02. The highest BCUT2D eigenvalue weighted by Crippen LogP contribution is 2.39. The second kappa shape index (κ2) is 6.29. The van der Waals surface area contributed by atoms with Crippen LogP contribution in [0.5, 0.6) is 0 Å². The Labute approximate surface area is 142 Å². The van der Waals surface area contributed by atoms with Gasteiger partial charge in [-0.2, -0.15) is 0 Å². The van der Waals surface area contributed by atoms with Crippen molar-refractivity contribution >= 4 is 29.5 Å². The average molecular weight is 347 g/mol. The van der Waals surface area contributed by atoms with E-state index >= 15 is 0 Å². The van der Waals surface area contributed by atoms with Gasteiger partial charge in [0, 0.05) is 0 Å². The summed E-state index contributed by atoms with van der Waals surface area (Å²) >= 11 is 1.33. The summed E-state index contributed by atoms with van der Waals surface area (Å²) in [6, 6.07) is 6.24. The van der Waals surface area contributed by atoms with Crippen LogP contribution in [0.4, 0.5) is 0 Å². The summed E-state index contributed by atoms with van der Waals surface area (Å²) in [6.07, 6.45) is 0. The summed E-state index contributed by atoms with van der Waals surface area (Å²) in [7, 11) is 0. The number of nitrogens with two attached hydrogens (primary N) is 1. The van der Waals surface area contributed by atoms with Gasteiger partial charge in [-0.15, -0.1) is 11.8 Å². The Morgan fingerprint density at radius 2 is 2.00 bits per heavy atom. The Bertz CT molecular complexity index is 721. The van der Waals surface area contributed by atoms with Crippen LogP contribution in [0.2, 0.25) is 0 Å². The van der Waals surface area contributed by atoms with Crippen LogP contribution in [-0.4, -0.2) is 45.2 Å². The molecule has 0 bridgehead atoms. The fraction of sp³-hybridized carbons (Fsp3) is 0.312. The summed E-state index contributed by atoms with van der Waals surface area (Å²) in [5, 5.41) is 13.2. The lowest BCUT2D eigenvalue weighted by molar-refractivity contribution is -0.160. The number of thioether (sulfide) groups is 1. The zero-order valence-electron chi connectivity index (χ0n) is 12.9. The van der Waals surface area contributed by atoms with Crippen molar-refractivity contribution in [3.8, 4) is 0 Å². The predicted octanol–water partition coefficient (Wildman–Crippen LogP) is 0.443. The molecule has 3 rings (SSSR count). The number of nitrogens with zero attached hydrogens (tertiary/aromatic N) is 1. The van der Waals surface area contributed by atoms with E-state index in [1.165, 1.54) is 16.7 Å². The van der Waals surface area contributed by atoms with Crippen LogP contribution in [0.3, 0.4) is 0 Å². The number of aliphatic carboxylic acids is 1. The first-order chi connectivity index (χ1) is 11.4. The third-order valence-electron chi connectivity index (χ3n) is 4.16. The zero-order chi connectivity index (χ0) is 17.4. The van der Waals surface area contributed by atoms with Gasteiger partial charge < -0.3 is 21.1 Å². The molecule has 1 saturated heterocycles. The largest absolute Gasteiger partial charge is 0.479 e. The Morgan fingerprint density at radius 3 is 2.62 bits per heavy atom. The van der Waals surface area contributed by atoms with E-state index in [1.807, 2.05) is 6.07 Å². The highest BCUT2D eigenvalue weighted by Gasteiger charge is 2.55. The molecule has 7 nitrogen and oxygen atoms in total. The molecule has 1 fully saturated rings. The number of nitrogens with one attached hydrogen (secondary N) is 1. The Balaban J connectivity index is 1.71. The summed E-state index contributed by atoms with van der Waals surface area (Å²) in [6.45, 7) is 1.67. The van der Waals surface area contributed by atoms with Crippen molar-refractivity contribution in [3.05, 3.63) is 46.9 Å². The maximum atomic E-state index is 12.3. The van der Waals surface area contributed by atoms with E-state index < -0.39 is 41.3 Å². The number of benzene rings is 1. The van der Waals surface area contributed by atoms with E-state index in [1.54, 1.807) is 36.6 Å². The zero-order valence-corrected chi connectivity index (χ0v) is 13.7. The molecule has 0 saturated carbocycles. The van der Waals surface area contributed by atoms with Crippen LogP contribution in [0.1, 0.15) is 18.5 Å². The van der Waals surface area contributed by atoms with E-state index in [0.717, 1.165) is 0 Å². The number of hydrogen-bond acceptors (Lipinski definition) is 5. The smallest absolute Gasteiger partial charge is 0.330 e. The van der Waals surface area contributed by atoms with Gasteiger partial charge in [-0.05, 0) is 23.5 Å². The Kier molecular flexibility index (Phi) is 4.33. The monoisotopic (exact) mass is 347 g/mol. The molecule has 0 radical (unpaired) electrons. The topological polar surface area (TPSA) is 113 Å². The molecule has 4 N–H and O–H groups in total. The SMILES string of the molecule is CC1=CS[C@H]2C(NC(=O)C(N)c3ccccc3)C(=O)N2C1C(=O)O. The fourth-order valence-electron chi connectivity index (χ4n) is 2.87. The van der Waals surface area contributed by atoms with Crippen LogP contribution < -0.4 is 11.1 Å². The van der Waals surface area contributed by atoms with Crippen molar-refractivity contribution in [2.24, 2.45) is 5.73 Å². The standard InChI is InChI=1S/C16H17N3O4S/c1-8-7-24-15-11(14(21)19(15)12(8)16(22)23)18-13(20)10(17)9-5-3-2-4-6-9/h2-7,10-12,15H,17H2,1H3,(H,18,20)(H,22,23)/t10?,11?,12?,15-/m0/s1. The normalized spacial score (nSPS) is 26.8. The van der Waals surface area contributed by atoms with Gasteiger partial charge in [0.2, 0.25) is 11.8 Å². The van der Waals surface area contributed by atoms with Gasteiger partial charge in [-0.25, -0.2) is 4.79 Å². The van der Waals surface area contributed by atoms with E-state index in [9.17, 15) is 19.5 Å². The van der Waals surface area contributed by atoms with Crippen molar-refractivity contribution < 1.29 is 19.5 Å². The van der Waals surface area contributed by atoms with Gasteiger partial charge in [-0.1, -0.05) is 30.3 Å². The van der Waals surface area contributed by atoms with Gasteiger partial charge in [0.05, 0.1) is 0 Å². The summed E-state index contributed by atoms with van der Waals surface area (Å²) in [5.41, 5.74) is 7.17. The molecule has 0 aliphatic carbocycles. The van der Waals surface area contributed by atoms with E-state index in [2.05, 4.69) is 5.32 Å². The van der Waals surface area contributed by atoms with Crippen LogP contribution in [0.25, 0.3) is 0 Å². The highest BCUT2D eigenvalue weighted by atomic mass is 32.2. The van der Waals surface area contributed by atoms with Crippen molar-refractivity contribution in [1.29, 1.82) is 0 Å². The van der Waals surface area contributed by atoms with Gasteiger partial charge in [-0.3, -0.25) is 9.59 Å². The van der Waals surface area contributed by atoms with Crippen LogP contribution in [0.15, 0.2) is 41.3 Å².